The van der Waals surface area contributed by atoms with Crippen LogP contribution in [0.2, 0.25) is 0 Å². The van der Waals surface area contributed by atoms with E-state index in [-0.39, 0.29) is 11.7 Å². The number of anilines is 1. The van der Waals surface area contributed by atoms with Crippen molar-refractivity contribution in [1.82, 2.24) is 4.90 Å². The van der Waals surface area contributed by atoms with Crippen molar-refractivity contribution in [1.29, 1.82) is 0 Å². The van der Waals surface area contributed by atoms with E-state index in [1.54, 1.807) is 19.2 Å². The van der Waals surface area contributed by atoms with Gasteiger partial charge in [0.25, 0.3) is 0 Å². The fraction of sp³-hybridized carbons (Fsp3) is 0.240. The summed E-state index contributed by atoms with van der Waals surface area (Å²) in [5, 5.41) is 3.10. The van der Waals surface area contributed by atoms with Gasteiger partial charge in [0.05, 0.1) is 20.3 Å². The fourth-order valence-corrected chi connectivity index (χ4v) is 3.90. The van der Waals surface area contributed by atoms with Crippen LogP contribution in [0.25, 0.3) is 11.1 Å². The number of amides is 1. The van der Waals surface area contributed by atoms with Gasteiger partial charge in [-0.15, -0.1) is 0 Å². The van der Waals surface area contributed by atoms with Crippen LogP contribution in [0.15, 0.2) is 72.8 Å². The first-order chi connectivity index (χ1) is 15.2. The molecule has 4 rings (SSSR count). The maximum absolute atomic E-state index is 13.5. The number of carbonyl (C=O) groups excluding carboxylic acids is 1. The number of benzene rings is 3. The van der Waals surface area contributed by atoms with Crippen LogP contribution in [0, 0.1) is 5.82 Å². The van der Waals surface area contributed by atoms with Gasteiger partial charge in [0.2, 0.25) is 5.91 Å². The summed E-state index contributed by atoms with van der Waals surface area (Å²) in [7, 11) is 1.63. The van der Waals surface area contributed by atoms with Crippen LogP contribution < -0.4 is 10.1 Å². The first-order valence-corrected chi connectivity index (χ1v) is 10.3. The largest absolute Gasteiger partial charge is 0.496 e. The Kier molecular flexibility index (Phi) is 6.60. The Morgan fingerprint density at radius 1 is 0.968 bits per heavy atom. The summed E-state index contributed by atoms with van der Waals surface area (Å²) in [5.41, 5.74) is 3.20. The number of morpholine rings is 1. The molecule has 1 amide bonds. The van der Waals surface area contributed by atoms with Gasteiger partial charge in [0, 0.05) is 29.9 Å². The predicted molar refractivity (Wildman–Crippen MR) is 119 cm³/mol. The Bertz CT molecular complexity index is 1030. The summed E-state index contributed by atoms with van der Waals surface area (Å²) in [6.45, 7) is 2.37. The lowest BCUT2D eigenvalue weighted by Crippen LogP contribution is -2.43. The SMILES string of the molecule is COc1ccccc1-c1ccccc1NC(=O)[C@H](c1ccc(F)cc1)N1CCOCC1. The molecule has 1 aliphatic heterocycles. The predicted octanol–water partition coefficient (Wildman–Crippen LogP) is 4.51. The highest BCUT2D eigenvalue weighted by Gasteiger charge is 2.29. The molecule has 31 heavy (non-hydrogen) atoms. The summed E-state index contributed by atoms with van der Waals surface area (Å²) < 4.78 is 24.5. The Hall–Kier alpha value is -3.22. The van der Waals surface area contributed by atoms with Crippen molar-refractivity contribution in [2.75, 3.05) is 38.7 Å². The van der Waals surface area contributed by atoms with E-state index in [0.717, 1.165) is 22.4 Å². The minimum Gasteiger partial charge on any atom is -0.496 e. The van der Waals surface area contributed by atoms with Gasteiger partial charge in [0.1, 0.15) is 17.6 Å². The third kappa shape index (κ3) is 4.76. The quantitative estimate of drug-likeness (QED) is 0.637. The number of hydrogen-bond donors (Lipinski definition) is 1. The lowest BCUT2D eigenvalue weighted by molar-refractivity contribution is -0.123. The summed E-state index contributed by atoms with van der Waals surface area (Å²) in [4.78, 5) is 15.6. The number of rotatable bonds is 6. The van der Waals surface area contributed by atoms with E-state index in [1.807, 2.05) is 48.5 Å². The fourth-order valence-electron chi connectivity index (χ4n) is 3.90. The number of methoxy groups -OCH3 is 1. The van der Waals surface area contributed by atoms with Crippen molar-refractivity contribution in [3.63, 3.8) is 0 Å². The minimum absolute atomic E-state index is 0.171. The maximum atomic E-state index is 13.5. The normalized spacial score (nSPS) is 15.3. The number of nitrogens with one attached hydrogen (secondary N) is 1. The Balaban J connectivity index is 1.67. The number of ether oxygens (including phenoxy) is 2. The zero-order chi connectivity index (χ0) is 21.6. The second-order valence-corrected chi connectivity index (χ2v) is 7.34. The molecular formula is C25H25FN2O3. The van der Waals surface area contributed by atoms with Crippen molar-refractivity contribution in [2.45, 2.75) is 6.04 Å². The van der Waals surface area contributed by atoms with Crippen molar-refractivity contribution in [2.24, 2.45) is 0 Å². The topological polar surface area (TPSA) is 50.8 Å². The molecule has 0 aromatic heterocycles. The number of para-hydroxylation sites is 2. The van der Waals surface area contributed by atoms with E-state index in [2.05, 4.69) is 10.2 Å². The van der Waals surface area contributed by atoms with Gasteiger partial charge < -0.3 is 14.8 Å². The molecule has 1 aliphatic rings. The Morgan fingerprint density at radius 3 is 2.32 bits per heavy atom. The molecular weight excluding hydrogens is 395 g/mol. The van der Waals surface area contributed by atoms with Gasteiger partial charge in [-0.3, -0.25) is 9.69 Å². The summed E-state index contributed by atoms with van der Waals surface area (Å²) in [6, 6.07) is 20.9. The van der Waals surface area contributed by atoms with Gasteiger partial charge in [-0.05, 0) is 29.8 Å². The zero-order valence-corrected chi connectivity index (χ0v) is 17.4. The summed E-state index contributed by atoms with van der Waals surface area (Å²) in [6.07, 6.45) is 0. The molecule has 0 spiro atoms. The van der Waals surface area contributed by atoms with Gasteiger partial charge in [0.15, 0.2) is 0 Å². The van der Waals surface area contributed by atoms with E-state index in [1.165, 1.54) is 12.1 Å². The highest BCUT2D eigenvalue weighted by Crippen LogP contribution is 2.35. The van der Waals surface area contributed by atoms with E-state index in [0.29, 0.717) is 32.0 Å². The number of halogens is 1. The van der Waals surface area contributed by atoms with E-state index in [9.17, 15) is 9.18 Å². The highest BCUT2D eigenvalue weighted by molar-refractivity contribution is 5.99. The van der Waals surface area contributed by atoms with Gasteiger partial charge in [-0.2, -0.15) is 0 Å². The third-order valence-electron chi connectivity index (χ3n) is 5.43. The molecule has 0 bridgehead atoms. The monoisotopic (exact) mass is 420 g/mol. The van der Waals surface area contributed by atoms with Crippen molar-refractivity contribution in [3.8, 4) is 16.9 Å². The number of hydrogen-bond acceptors (Lipinski definition) is 4. The zero-order valence-electron chi connectivity index (χ0n) is 17.4. The molecule has 0 radical (unpaired) electrons. The number of nitrogens with zero attached hydrogens (tertiary/aromatic N) is 1. The summed E-state index contributed by atoms with van der Waals surface area (Å²) in [5.74, 6) is 0.231. The number of carbonyl (C=O) groups is 1. The van der Waals surface area contributed by atoms with Crippen LogP contribution in [0.1, 0.15) is 11.6 Å². The molecule has 6 heteroatoms. The van der Waals surface area contributed by atoms with Gasteiger partial charge in [-0.1, -0.05) is 48.5 Å². The minimum atomic E-state index is -0.546. The smallest absolute Gasteiger partial charge is 0.246 e. The van der Waals surface area contributed by atoms with Crippen LogP contribution in [0.4, 0.5) is 10.1 Å². The van der Waals surface area contributed by atoms with Crippen LogP contribution in [-0.2, 0) is 9.53 Å². The first kappa shape index (κ1) is 21.0. The lowest BCUT2D eigenvalue weighted by atomic mass is 10.0. The van der Waals surface area contributed by atoms with Crippen LogP contribution >= 0.6 is 0 Å². The third-order valence-corrected chi connectivity index (χ3v) is 5.43. The Labute approximate surface area is 181 Å². The molecule has 3 aromatic carbocycles. The van der Waals surface area contributed by atoms with Gasteiger partial charge in [-0.25, -0.2) is 4.39 Å². The van der Waals surface area contributed by atoms with Crippen molar-refractivity contribution < 1.29 is 18.7 Å². The molecule has 1 fully saturated rings. The average Bonchev–Trinajstić information content (AvgIpc) is 2.81. The van der Waals surface area contributed by atoms with Crippen LogP contribution in [-0.4, -0.2) is 44.2 Å². The highest BCUT2D eigenvalue weighted by atomic mass is 19.1. The summed E-state index contributed by atoms with van der Waals surface area (Å²) >= 11 is 0. The van der Waals surface area contributed by atoms with E-state index in [4.69, 9.17) is 9.47 Å². The van der Waals surface area contributed by atoms with Crippen molar-refractivity contribution in [3.05, 3.63) is 84.2 Å². The molecule has 1 heterocycles. The van der Waals surface area contributed by atoms with E-state index >= 15 is 0 Å². The van der Waals surface area contributed by atoms with Crippen LogP contribution in [0.3, 0.4) is 0 Å². The molecule has 1 atom stereocenters. The molecule has 5 nitrogen and oxygen atoms in total. The molecule has 0 saturated carbocycles. The maximum Gasteiger partial charge on any atom is 0.246 e. The molecule has 1 N–H and O–H groups in total. The first-order valence-electron chi connectivity index (χ1n) is 10.3. The van der Waals surface area contributed by atoms with Gasteiger partial charge >= 0.3 is 0 Å². The second-order valence-electron chi connectivity index (χ2n) is 7.34. The van der Waals surface area contributed by atoms with Crippen molar-refractivity contribution >= 4 is 11.6 Å². The Morgan fingerprint density at radius 2 is 1.61 bits per heavy atom. The lowest BCUT2D eigenvalue weighted by Gasteiger charge is -2.34. The second kappa shape index (κ2) is 9.73. The molecule has 160 valence electrons. The molecule has 3 aromatic rings. The average molecular weight is 420 g/mol. The standard InChI is InChI=1S/C25H25FN2O3/c1-30-23-9-5-3-7-21(23)20-6-2-4-8-22(20)27-25(29)24(28-14-16-31-17-15-28)18-10-12-19(26)13-11-18/h2-13,24H,14-17H2,1H3,(H,27,29)/t24-/m0/s1. The molecule has 0 unspecified atom stereocenters. The van der Waals surface area contributed by atoms with Crippen LogP contribution in [0.5, 0.6) is 5.75 Å². The van der Waals surface area contributed by atoms with E-state index < -0.39 is 6.04 Å². The molecule has 0 aliphatic carbocycles. The molecule has 1 saturated heterocycles.